The van der Waals surface area contributed by atoms with Crippen molar-refractivity contribution in [2.75, 3.05) is 32.0 Å². The molecule has 3 N–H and O–H groups in total. The van der Waals surface area contributed by atoms with E-state index in [0.29, 0.717) is 18.5 Å². The summed E-state index contributed by atoms with van der Waals surface area (Å²) in [6.07, 6.45) is 1.82. The molecule has 2 heterocycles. The Labute approximate surface area is 101 Å². The van der Waals surface area contributed by atoms with Gasteiger partial charge in [0.1, 0.15) is 5.82 Å². The summed E-state index contributed by atoms with van der Waals surface area (Å²) >= 11 is 0. The number of hydrogen-bond acceptors (Lipinski definition) is 5. The third-order valence-electron chi connectivity index (χ3n) is 3.12. The number of aliphatic hydroxyl groups excluding tert-OH is 1. The summed E-state index contributed by atoms with van der Waals surface area (Å²) in [5, 5.41) is 13.2. The summed E-state index contributed by atoms with van der Waals surface area (Å²) in [6.45, 7) is 5.35. The van der Waals surface area contributed by atoms with Gasteiger partial charge in [0.05, 0.1) is 25.9 Å². The lowest BCUT2D eigenvalue weighted by molar-refractivity contribution is -0.0785. The quantitative estimate of drug-likeness (QED) is 0.745. The molecule has 1 fully saturated rings. The monoisotopic (exact) mass is 240 g/mol. The van der Waals surface area contributed by atoms with E-state index >= 15 is 0 Å². The smallest absolute Gasteiger partial charge is 0.145 e. The Hall–Kier alpha value is -1.11. The zero-order valence-corrected chi connectivity index (χ0v) is 10.1. The minimum absolute atomic E-state index is 0.0612. The van der Waals surface area contributed by atoms with Gasteiger partial charge in [-0.2, -0.15) is 5.10 Å². The minimum atomic E-state index is -0.0612. The standard InChI is InChI=1S/C11H20N4O2/c1-9-8-17-10(7-16)6-14(9)4-5-15-3-2-11(12)13-15/h2-3,9-10,16H,4-8H2,1H3,(H2,12,13). The summed E-state index contributed by atoms with van der Waals surface area (Å²) in [6, 6.07) is 2.17. The van der Waals surface area contributed by atoms with Gasteiger partial charge in [-0.05, 0) is 13.0 Å². The van der Waals surface area contributed by atoms with E-state index in [2.05, 4.69) is 16.9 Å². The fourth-order valence-electron chi connectivity index (χ4n) is 2.03. The highest BCUT2D eigenvalue weighted by Crippen LogP contribution is 2.11. The molecule has 1 saturated heterocycles. The van der Waals surface area contributed by atoms with Crippen molar-refractivity contribution in [3.8, 4) is 0 Å². The van der Waals surface area contributed by atoms with Gasteiger partial charge >= 0.3 is 0 Å². The van der Waals surface area contributed by atoms with E-state index in [1.54, 1.807) is 6.07 Å². The second-order valence-electron chi connectivity index (χ2n) is 4.49. The Morgan fingerprint density at radius 1 is 1.59 bits per heavy atom. The third-order valence-corrected chi connectivity index (χ3v) is 3.12. The van der Waals surface area contributed by atoms with E-state index in [9.17, 15) is 0 Å². The van der Waals surface area contributed by atoms with E-state index in [4.69, 9.17) is 15.6 Å². The summed E-state index contributed by atoms with van der Waals surface area (Å²) in [5.74, 6) is 0.549. The SMILES string of the molecule is CC1COC(CO)CN1CCn1ccc(N)n1. The van der Waals surface area contributed by atoms with E-state index < -0.39 is 0 Å². The highest BCUT2D eigenvalue weighted by molar-refractivity contribution is 5.23. The molecular formula is C11H20N4O2. The molecule has 1 aliphatic rings. The average Bonchev–Trinajstić information content (AvgIpc) is 2.74. The van der Waals surface area contributed by atoms with E-state index in [-0.39, 0.29) is 12.7 Å². The van der Waals surface area contributed by atoms with Crippen molar-refractivity contribution in [1.82, 2.24) is 14.7 Å². The fourth-order valence-corrected chi connectivity index (χ4v) is 2.03. The molecule has 0 bridgehead atoms. The van der Waals surface area contributed by atoms with Crippen LogP contribution in [0.3, 0.4) is 0 Å². The van der Waals surface area contributed by atoms with Gasteiger partial charge in [-0.15, -0.1) is 0 Å². The van der Waals surface area contributed by atoms with Gasteiger partial charge < -0.3 is 15.6 Å². The molecule has 1 aromatic rings. The Kier molecular flexibility index (Phi) is 3.98. The predicted octanol–water partition coefficient (Wildman–Crippen LogP) is -0.453. The second-order valence-corrected chi connectivity index (χ2v) is 4.49. The highest BCUT2D eigenvalue weighted by atomic mass is 16.5. The van der Waals surface area contributed by atoms with Crippen molar-refractivity contribution in [2.45, 2.75) is 25.6 Å². The van der Waals surface area contributed by atoms with Crippen LogP contribution >= 0.6 is 0 Å². The van der Waals surface area contributed by atoms with Crippen LogP contribution < -0.4 is 5.73 Å². The summed E-state index contributed by atoms with van der Waals surface area (Å²) in [5.41, 5.74) is 5.56. The molecule has 96 valence electrons. The van der Waals surface area contributed by atoms with Crippen LogP contribution in [0.4, 0.5) is 5.82 Å². The molecule has 0 saturated carbocycles. The van der Waals surface area contributed by atoms with Gasteiger partial charge in [0, 0.05) is 25.3 Å². The van der Waals surface area contributed by atoms with Gasteiger partial charge in [0.15, 0.2) is 0 Å². The number of aliphatic hydroxyl groups is 1. The number of nitrogen functional groups attached to an aromatic ring is 1. The van der Waals surface area contributed by atoms with E-state index in [1.165, 1.54) is 0 Å². The maximum Gasteiger partial charge on any atom is 0.145 e. The number of hydrogen-bond donors (Lipinski definition) is 2. The first-order valence-electron chi connectivity index (χ1n) is 5.94. The first-order valence-corrected chi connectivity index (χ1v) is 5.94. The Balaban J connectivity index is 1.84. The fraction of sp³-hybridized carbons (Fsp3) is 0.727. The number of ether oxygens (including phenoxy) is 1. The van der Waals surface area contributed by atoms with Crippen LogP contribution in [0.2, 0.25) is 0 Å². The number of aromatic nitrogens is 2. The Morgan fingerprint density at radius 3 is 3.06 bits per heavy atom. The third kappa shape index (κ3) is 3.18. The first-order chi connectivity index (χ1) is 8.19. The molecule has 0 radical (unpaired) electrons. The maximum absolute atomic E-state index is 9.10. The Bertz CT molecular complexity index is 355. The lowest BCUT2D eigenvalue weighted by atomic mass is 10.2. The topological polar surface area (TPSA) is 76.5 Å². The van der Waals surface area contributed by atoms with Crippen molar-refractivity contribution in [1.29, 1.82) is 0 Å². The largest absolute Gasteiger partial charge is 0.394 e. The molecule has 17 heavy (non-hydrogen) atoms. The van der Waals surface area contributed by atoms with Crippen molar-refractivity contribution in [3.05, 3.63) is 12.3 Å². The van der Waals surface area contributed by atoms with E-state index in [0.717, 1.165) is 19.6 Å². The number of nitrogens with two attached hydrogens (primary N) is 1. The van der Waals surface area contributed by atoms with Crippen LogP contribution in [-0.4, -0.2) is 58.2 Å². The van der Waals surface area contributed by atoms with Crippen molar-refractivity contribution >= 4 is 5.82 Å². The summed E-state index contributed by atoms with van der Waals surface area (Å²) < 4.78 is 7.33. The molecule has 2 atom stereocenters. The molecule has 2 unspecified atom stereocenters. The molecule has 6 nitrogen and oxygen atoms in total. The average molecular weight is 240 g/mol. The predicted molar refractivity (Wildman–Crippen MR) is 64.5 cm³/mol. The number of anilines is 1. The van der Waals surface area contributed by atoms with Crippen LogP contribution in [0.25, 0.3) is 0 Å². The summed E-state index contributed by atoms with van der Waals surface area (Å²) in [4.78, 5) is 2.31. The van der Waals surface area contributed by atoms with Gasteiger partial charge in [-0.1, -0.05) is 0 Å². The van der Waals surface area contributed by atoms with Crippen LogP contribution in [0.1, 0.15) is 6.92 Å². The second kappa shape index (κ2) is 5.48. The first kappa shape index (κ1) is 12.3. The van der Waals surface area contributed by atoms with Crippen LogP contribution in [-0.2, 0) is 11.3 Å². The van der Waals surface area contributed by atoms with Crippen LogP contribution in [0, 0.1) is 0 Å². The van der Waals surface area contributed by atoms with Crippen molar-refractivity contribution in [3.63, 3.8) is 0 Å². The van der Waals surface area contributed by atoms with Gasteiger partial charge in [-0.25, -0.2) is 0 Å². The molecule has 2 rings (SSSR count). The number of rotatable bonds is 4. The van der Waals surface area contributed by atoms with Crippen molar-refractivity contribution < 1.29 is 9.84 Å². The Morgan fingerprint density at radius 2 is 2.41 bits per heavy atom. The van der Waals surface area contributed by atoms with E-state index in [1.807, 2.05) is 10.9 Å². The van der Waals surface area contributed by atoms with Gasteiger partial charge in [0.2, 0.25) is 0 Å². The summed E-state index contributed by atoms with van der Waals surface area (Å²) in [7, 11) is 0. The van der Waals surface area contributed by atoms with Crippen LogP contribution in [0.5, 0.6) is 0 Å². The molecule has 0 spiro atoms. The minimum Gasteiger partial charge on any atom is -0.394 e. The zero-order chi connectivity index (χ0) is 12.3. The molecule has 1 aliphatic heterocycles. The lowest BCUT2D eigenvalue weighted by Crippen LogP contribution is -2.50. The normalized spacial score (nSPS) is 26.2. The maximum atomic E-state index is 9.10. The van der Waals surface area contributed by atoms with Crippen molar-refractivity contribution in [2.24, 2.45) is 0 Å². The molecule has 6 heteroatoms. The number of morpholine rings is 1. The molecular weight excluding hydrogens is 220 g/mol. The number of nitrogens with zero attached hydrogens (tertiary/aromatic N) is 3. The zero-order valence-electron chi connectivity index (χ0n) is 10.1. The molecule has 0 aliphatic carbocycles. The van der Waals surface area contributed by atoms with Gasteiger partial charge in [-0.3, -0.25) is 9.58 Å². The molecule has 1 aromatic heterocycles. The lowest BCUT2D eigenvalue weighted by Gasteiger charge is -2.37. The molecule has 0 amide bonds. The molecule has 0 aromatic carbocycles. The highest BCUT2D eigenvalue weighted by Gasteiger charge is 2.25. The van der Waals surface area contributed by atoms with Crippen LogP contribution in [0.15, 0.2) is 12.3 Å². The van der Waals surface area contributed by atoms with Gasteiger partial charge in [0.25, 0.3) is 0 Å².